The summed E-state index contributed by atoms with van der Waals surface area (Å²) in [5.41, 5.74) is 0.485. The first-order valence-electron chi connectivity index (χ1n) is 15.2. The number of rotatable bonds is 1. The van der Waals surface area contributed by atoms with Crippen molar-refractivity contribution in [2.75, 3.05) is 32.7 Å². The predicted octanol–water partition coefficient (Wildman–Crippen LogP) is 4.48. The standard InChI is InChI=1S/C28H48BN3O/c1-2-7-19(8-3-1)29-23-10-5-4-9-20(23)28(27-24(29)11-6-14-32-27)21-12-15-30-17-25(21)33-26-18-31-16-13-22(26)28/h19-27,30-32H,1-18H2. The molecule has 7 fully saturated rings. The van der Waals surface area contributed by atoms with Gasteiger partial charge in [0.15, 0.2) is 6.71 Å². The summed E-state index contributed by atoms with van der Waals surface area (Å²) in [6.07, 6.45) is 20.2. The van der Waals surface area contributed by atoms with E-state index in [2.05, 4.69) is 16.0 Å². The lowest BCUT2D eigenvalue weighted by Gasteiger charge is -2.71. The first-order valence-corrected chi connectivity index (χ1v) is 15.2. The highest BCUT2D eigenvalue weighted by Gasteiger charge is 2.69. The van der Waals surface area contributed by atoms with Gasteiger partial charge < -0.3 is 20.7 Å². The van der Waals surface area contributed by atoms with Crippen LogP contribution in [0.1, 0.15) is 83.5 Å². The number of nitrogens with one attached hydrogen (secondary N) is 3. The summed E-state index contributed by atoms with van der Waals surface area (Å²) in [4.78, 5) is 0. The Morgan fingerprint density at radius 2 is 1.27 bits per heavy atom. The molecular formula is C28H48BN3O. The number of hydrogen-bond acceptors (Lipinski definition) is 4. The zero-order chi connectivity index (χ0) is 21.8. The Labute approximate surface area is 202 Å². The van der Waals surface area contributed by atoms with E-state index in [1.807, 2.05) is 0 Å². The highest BCUT2D eigenvalue weighted by molar-refractivity contribution is 6.64. The monoisotopic (exact) mass is 453 g/mol. The molecule has 33 heavy (non-hydrogen) atoms. The quantitative estimate of drug-likeness (QED) is 0.512. The number of fused-ring (bicyclic) bond motifs is 8. The first-order chi connectivity index (χ1) is 16.4. The summed E-state index contributed by atoms with van der Waals surface area (Å²) in [5.74, 6) is 5.47. The fraction of sp³-hybridized carbons (Fsp3) is 1.00. The Morgan fingerprint density at radius 1 is 0.606 bits per heavy atom. The zero-order valence-electron chi connectivity index (χ0n) is 20.9. The van der Waals surface area contributed by atoms with E-state index in [1.165, 1.54) is 83.8 Å². The average Bonchev–Trinajstić information content (AvgIpc) is 2.89. The Balaban J connectivity index is 1.36. The van der Waals surface area contributed by atoms with E-state index in [1.54, 1.807) is 19.3 Å². The highest BCUT2D eigenvalue weighted by atomic mass is 16.5. The molecule has 2 saturated carbocycles. The second-order valence-corrected chi connectivity index (χ2v) is 13.2. The van der Waals surface area contributed by atoms with E-state index in [9.17, 15) is 0 Å². The highest BCUT2D eigenvalue weighted by Crippen LogP contribution is 2.69. The van der Waals surface area contributed by atoms with Gasteiger partial charge in [0, 0.05) is 19.1 Å². The zero-order valence-corrected chi connectivity index (χ0v) is 20.9. The van der Waals surface area contributed by atoms with Gasteiger partial charge in [-0.15, -0.1) is 0 Å². The third-order valence-corrected chi connectivity index (χ3v) is 12.2. The van der Waals surface area contributed by atoms with Crippen LogP contribution in [0.5, 0.6) is 0 Å². The van der Waals surface area contributed by atoms with Crippen molar-refractivity contribution in [3.8, 4) is 0 Å². The van der Waals surface area contributed by atoms with Gasteiger partial charge in [0.25, 0.3) is 0 Å². The molecule has 0 aromatic rings. The Kier molecular flexibility index (Phi) is 6.09. The molecule has 8 unspecified atom stereocenters. The van der Waals surface area contributed by atoms with Crippen LogP contribution in [0.4, 0.5) is 0 Å². The van der Waals surface area contributed by atoms with Crippen LogP contribution in [0.25, 0.3) is 0 Å². The van der Waals surface area contributed by atoms with Gasteiger partial charge in [0.2, 0.25) is 0 Å². The third kappa shape index (κ3) is 3.38. The van der Waals surface area contributed by atoms with E-state index in [-0.39, 0.29) is 0 Å². The van der Waals surface area contributed by atoms with Crippen LogP contribution in [0.2, 0.25) is 17.5 Å². The summed E-state index contributed by atoms with van der Waals surface area (Å²) in [5, 5.41) is 11.8. The molecule has 0 aromatic carbocycles. The molecule has 5 heteroatoms. The molecular weight excluding hydrogens is 405 g/mol. The number of piperidine rings is 3. The van der Waals surface area contributed by atoms with Crippen molar-refractivity contribution in [2.45, 2.75) is 119 Å². The maximum absolute atomic E-state index is 6.97. The molecule has 5 saturated heterocycles. The van der Waals surface area contributed by atoms with Crippen molar-refractivity contribution in [2.24, 2.45) is 23.2 Å². The summed E-state index contributed by atoms with van der Waals surface area (Å²) < 4.78 is 6.97. The minimum absolute atomic E-state index is 0.443. The summed E-state index contributed by atoms with van der Waals surface area (Å²) in [7, 11) is 0. The normalized spacial score (nSPS) is 50.7. The predicted molar refractivity (Wildman–Crippen MR) is 136 cm³/mol. The van der Waals surface area contributed by atoms with Gasteiger partial charge in [-0.3, -0.25) is 0 Å². The van der Waals surface area contributed by atoms with Crippen molar-refractivity contribution in [1.82, 2.24) is 16.0 Å². The first kappa shape index (κ1) is 22.1. The lowest BCUT2D eigenvalue weighted by molar-refractivity contribution is -0.239. The van der Waals surface area contributed by atoms with Crippen LogP contribution in [-0.2, 0) is 4.74 Å². The lowest BCUT2D eigenvalue weighted by Crippen LogP contribution is -2.76. The molecule has 7 rings (SSSR count). The minimum Gasteiger partial charge on any atom is -0.372 e. The van der Waals surface area contributed by atoms with Crippen molar-refractivity contribution >= 4 is 6.71 Å². The Morgan fingerprint density at radius 3 is 2.03 bits per heavy atom. The molecule has 0 amide bonds. The Bertz CT molecular complexity index is 651. The summed E-state index contributed by atoms with van der Waals surface area (Å²) in [6, 6.07) is 0.762. The van der Waals surface area contributed by atoms with Gasteiger partial charge in [-0.1, -0.05) is 75.8 Å². The molecule has 2 aliphatic carbocycles. The van der Waals surface area contributed by atoms with Gasteiger partial charge in [-0.2, -0.15) is 0 Å². The van der Waals surface area contributed by atoms with Crippen LogP contribution in [0, 0.1) is 23.2 Å². The summed E-state index contributed by atoms with van der Waals surface area (Å²) >= 11 is 0. The smallest absolute Gasteiger partial charge is 0.151 e. The molecule has 0 radical (unpaired) electrons. The maximum Gasteiger partial charge on any atom is 0.151 e. The second kappa shape index (κ2) is 9.09. The SMILES string of the molecule is C1CCC(B2C3CCCCC3C3(C4CCNCC4OC4CNCCC43)C3NCCCC23)CC1. The van der Waals surface area contributed by atoms with Crippen LogP contribution in [0.15, 0.2) is 0 Å². The number of hydrogen-bond donors (Lipinski definition) is 3. The van der Waals surface area contributed by atoms with Crippen LogP contribution >= 0.6 is 0 Å². The molecule has 3 N–H and O–H groups in total. The van der Waals surface area contributed by atoms with Crippen molar-refractivity contribution in [3.05, 3.63) is 0 Å². The van der Waals surface area contributed by atoms with Crippen LogP contribution in [-0.4, -0.2) is 57.7 Å². The third-order valence-electron chi connectivity index (χ3n) is 12.2. The molecule has 5 aliphatic heterocycles. The van der Waals surface area contributed by atoms with Crippen molar-refractivity contribution in [3.63, 3.8) is 0 Å². The molecule has 0 bridgehead atoms. The van der Waals surface area contributed by atoms with Crippen LogP contribution < -0.4 is 16.0 Å². The second-order valence-electron chi connectivity index (χ2n) is 13.2. The molecule has 5 heterocycles. The van der Waals surface area contributed by atoms with E-state index >= 15 is 0 Å². The molecule has 8 atom stereocenters. The van der Waals surface area contributed by atoms with Gasteiger partial charge in [0.05, 0.1) is 12.2 Å². The summed E-state index contributed by atoms with van der Waals surface area (Å²) in [6.45, 7) is 6.89. The average molecular weight is 454 g/mol. The Hall–Kier alpha value is -0.0951. The van der Waals surface area contributed by atoms with E-state index in [0.717, 1.165) is 61.0 Å². The molecule has 7 aliphatic rings. The van der Waals surface area contributed by atoms with Gasteiger partial charge in [-0.25, -0.2) is 0 Å². The molecule has 184 valence electrons. The molecule has 1 spiro atoms. The van der Waals surface area contributed by atoms with Crippen LogP contribution in [0.3, 0.4) is 0 Å². The topological polar surface area (TPSA) is 45.3 Å². The fourth-order valence-corrected chi connectivity index (χ4v) is 11.5. The molecule has 0 aromatic heterocycles. The fourth-order valence-electron chi connectivity index (χ4n) is 11.5. The van der Waals surface area contributed by atoms with Gasteiger partial charge >= 0.3 is 0 Å². The van der Waals surface area contributed by atoms with E-state index in [0.29, 0.717) is 17.6 Å². The number of ether oxygens (including phenoxy) is 1. The van der Waals surface area contributed by atoms with Gasteiger partial charge in [0.1, 0.15) is 0 Å². The van der Waals surface area contributed by atoms with Gasteiger partial charge in [-0.05, 0) is 67.9 Å². The van der Waals surface area contributed by atoms with Crippen molar-refractivity contribution < 1.29 is 4.74 Å². The minimum atomic E-state index is 0.443. The molecule has 4 nitrogen and oxygen atoms in total. The van der Waals surface area contributed by atoms with Crippen molar-refractivity contribution in [1.29, 1.82) is 0 Å². The lowest BCUT2D eigenvalue weighted by atomic mass is 9.16. The van der Waals surface area contributed by atoms with E-state index in [4.69, 9.17) is 4.74 Å². The largest absolute Gasteiger partial charge is 0.372 e. The maximum atomic E-state index is 6.97. The van der Waals surface area contributed by atoms with E-state index < -0.39 is 0 Å².